The first kappa shape index (κ1) is 12.5. The van der Waals surface area contributed by atoms with Crippen molar-refractivity contribution in [2.24, 2.45) is 0 Å². The maximum absolute atomic E-state index is 11.5. The Bertz CT molecular complexity index is 465. The molecule has 0 saturated heterocycles. The summed E-state index contributed by atoms with van der Waals surface area (Å²) in [6.45, 7) is 1.63. The van der Waals surface area contributed by atoms with Crippen molar-refractivity contribution in [1.82, 2.24) is 15.5 Å². The van der Waals surface area contributed by atoms with Gasteiger partial charge in [0.05, 0.1) is 11.9 Å². The Morgan fingerprint density at radius 2 is 2.31 bits per heavy atom. The van der Waals surface area contributed by atoms with E-state index < -0.39 is 15.7 Å². The van der Waals surface area contributed by atoms with E-state index in [1.807, 2.05) is 0 Å². The number of aromatic amines is 1. The number of nitrogen functional groups attached to an aromatic ring is 1. The zero-order chi connectivity index (χ0) is 12.2. The van der Waals surface area contributed by atoms with Crippen molar-refractivity contribution in [3.63, 3.8) is 0 Å². The Labute approximate surface area is 93.3 Å². The van der Waals surface area contributed by atoms with Crippen LogP contribution >= 0.6 is 0 Å². The Kier molecular flexibility index (Phi) is 3.88. The number of carbonyl (C=O) groups is 1. The minimum Gasteiger partial charge on any atom is -0.383 e. The molecule has 4 N–H and O–H groups in total. The molecular formula is C8H14N4O3S. The largest absolute Gasteiger partial charge is 0.383 e. The van der Waals surface area contributed by atoms with E-state index in [9.17, 15) is 13.2 Å². The van der Waals surface area contributed by atoms with E-state index in [0.29, 0.717) is 0 Å². The summed E-state index contributed by atoms with van der Waals surface area (Å²) in [6.07, 6.45) is 1.29. The number of anilines is 1. The normalized spacial score (nSPS) is 11.3. The Balaban J connectivity index is 2.46. The highest BCUT2D eigenvalue weighted by molar-refractivity contribution is 7.91. The molecule has 8 heteroatoms. The van der Waals surface area contributed by atoms with Gasteiger partial charge in [-0.2, -0.15) is 5.10 Å². The lowest BCUT2D eigenvalue weighted by atomic mass is 10.3. The number of hydrogen-bond donors (Lipinski definition) is 3. The van der Waals surface area contributed by atoms with Gasteiger partial charge < -0.3 is 11.1 Å². The fraction of sp³-hybridized carbons (Fsp3) is 0.500. The molecular weight excluding hydrogens is 232 g/mol. The molecule has 1 aromatic rings. The number of sulfone groups is 1. The number of nitrogens with two attached hydrogens (primary N) is 1. The fourth-order valence-electron chi connectivity index (χ4n) is 1.04. The zero-order valence-electron chi connectivity index (χ0n) is 8.86. The van der Waals surface area contributed by atoms with Gasteiger partial charge in [-0.1, -0.05) is 6.92 Å². The SMILES string of the molecule is CCS(=O)(=O)CCNC(=O)c1cn[nH]c1N. The predicted octanol–water partition coefficient (Wildman–Crippen LogP) is -0.844. The average Bonchev–Trinajstić information content (AvgIpc) is 2.64. The smallest absolute Gasteiger partial charge is 0.256 e. The number of aromatic nitrogens is 2. The summed E-state index contributed by atoms with van der Waals surface area (Å²) in [5, 5.41) is 8.46. The topological polar surface area (TPSA) is 118 Å². The lowest BCUT2D eigenvalue weighted by Gasteiger charge is -2.03. The van der Waals surface area contributed by atoms with Crippen LogP contribution in [0.2, 0.25) is 0 Å². The molecule has 0 aliphatic carbocycles. The van der Waals surface area contributed by atoms with Crippen LogP contribution in [0, 0.1) is 0 Å². The van der Waals surface area contributed by atoms with Crippen LogP contribution in [0.15, 0.2) is 6.20 Å². The van der Waals surface area contributed by atoms with Gasteiger partial charge in [-0.25, -0.2) is 8.42 Å². The second kappa shape index (κ2) is 4.97. The summed E-state index contributed by atoms with van der Waals surface area (Å²) in [6, 6.07) is 0. The van der Waals surface area contributed by atoms with Crippen LogP contribution < -0.4 is 11.1 Å². The monoisotopic (exact) mass is 246 g/mol. The van der Waals surface area contributed by atoms with Crippen molar-refractivity contribution in [1.29, 1.82) is 0 Å². The van der Waals surface area contributed by atoms with Crippen LogP contribution in [-0.2, 0) is 9.84 Å². The minimum absolute atomic E-state index is 0.0662. The van der Waals surface area contributed by atoms with E-state index in [0.717, 1.165) is 0 Å². The molecule has 0 fully saturated rings. The van der Waals surface area contributed by atoms with Gasteiger partial charge in [0.2, 0.25) is 0 Å². The second-order valence-corrected chi connectivity index (χ2v) is 5.66. The fourth-order valence-corrected chi connectivity index (χ4v) is 1.74. The Hall–Kier alpha value is -1.57. The van der Waals surface area contributed by atoms with Crippen molar-refractivity contribution in [3.8, 4) is 0 Å². The standard InChI is InChI=1S/C8H14N4O3S/c1-2-16(14,15)4-3-10-8(13)6-5-11-12-7(6)9/h5H,2-4H2,1H3,(H,10,13)(H3,9,11,12). The number of H-pyrrole nitrogens is 1. The van der Waals surface area contributed by atoms with Gasteiger partial charge in [-0.3, -0.25) is 9.89 Å². The van der Waals surface area contributed by atoms with Crippen LogP contribution in [0.3, 0.4) is 0 Å². The first-order valence-electron chi connectivity index (χ1n) is 4.73. The summed E-state index contributed by atoms with van der Waals surface area (Å²) in [5.74, 6) is -0.280. The number of nitrogens with one attached hydrogen (secondary N) is 2. The minimum atomic E-state index is -3.06. The highest BCUT2D eigenvalue weighted by Gasteiger charge is 2.12. The molecule has 0 aromatic carbocycles. The molecule has 1 amide bonds. The molecule has 90 valence electrons. The summed E-state index contributed by atoms with van der Waals surface area (Å²) in [5.41, 5.74) is 5.64. The van der Waals surface area contributed by atoms with Gasteiger partial charge in [0.15, 0.2) is 9.84 Å². The molecule has 1 aromatic heterocycles. The molecule has 1 heterocycles. The van der Waals surface area contributed by atoms with Crippen molar-refractivity contribution in [2.45, 2.75) is 6.92 Å². The summed E-state index contributed by atoms with van der Waals surface area (Å²) in [7, 11) is -3.06. The third kappa shape index (κ3) is 3.23. The lowest BCUT2D eigenvalue weighted by molar-refractivity contribution is 0.0957. The molecule has 0 spiro atoms. The summed E-state index contributed by atoms with van der Waals surface area (Å²) >= 11 is 0. The van der Waals surface area contributed by atoms with Crippen LogP contribution in [-0.4, -0.2) is 42.6 Å². The average molecular weight is 246 g/mol. The molecule has 0 bridgehead atoms. The van der Waals surface area contributed by atoms with Gasteiger partial charge in [0.25, 0.3) is 5.91 Å². The predicted molar refractivity (Wildman–Crippen MR) is 59.7 cm³/mol. The number of nitrogens with zero attached hydrogens (tertiary/aromatic N) is 1. The molecule has 0 aliphatic heterocycles. The lowest BCUT2D eigenvalue weighted by Crippen LogP contribution is -2.29. The maximum atomic E-state index is 11.5. The first-order chi connectivity index (χ1) is 7.46. The third-order valence-corrected chi connectivity index (χ3v) is 3.76. The van der Waals surface area contributed by atoms with Crippen LogP contribution in [0.25, 0.3) is 0 Å². The van der Waals surface area contributed by atoms with Crippen LogP contribution in [0.4, 0.5) is 5.82 Å². The number of rotatable bonds is 5. The molecule has 0 atom stereocenters. The van der Waals surface area contributed by atoms with Crippen molar-refractivity contribution in [2.75, 3.05) is 23.8 Å². The first-order valence-corrected chi connectivity index (χ1v) is 6.56. The summed E-state index contributed by atoms with van der Waals surface area (Å²) in [4.78, 5) is 11.5. The zero-order valence-corrected chi connectivity index (χ0v) is 9.67. The molecule has 0 radical (unpaired) electrons. The molecule has 0 unspecified atom stereocenters. The van der Waals surface area contributed by atoms with E-state index in [2.05, 4.69) is 15.5 Å². The molecule has 1 rings (SSSR count). The number of amides is 1. The molecule has 0 aliphatic rings. The third-order valence-electron chi connectivity index (χ3n) is 2.05. The van der Waals surface area contributed by atoms with E-state index in [1.165, 1.54) is 6.20 Å². The van der Waals surface area contributed by atoms with Gasteiger partial charge in [-0.05, 0) is 0 Å². The highest BCUT2D eigenvalue weighted by Crippen LogP contribution is 2.04. The highest BCUT2D eigenvalue weighted by atomic mass is 32.2. The van der Waals surface area contributed by atoms with E-state index in [-0.39, 0.29) is 29.4 Å². The quantitative estimate of drug-likeness (QED) is 0.626. The number of hydrogen-bond acceptors (Lipinski definition) is 5. The van der Waals surface area contributed by atoms with E-state index in [4.69, 9.17) is 5.73 Å². The maximum Gasteiger partial charge on any atom is 0.256 e. The Morgan fingerprint density at radius 3 is 2.81 bits per heavy atom. The van der Waals surface area contributed by atoms with Gasteiger partial charge >= 0.3 is 0 Å². The molecule has 0 saturated carbocycles. The van der Waals surface area contributed by atoms with Crippen molar-refractivity contribution >= 4 is 21.6 Å². The summed E-state index contributed by atoms with van der Waals surface area (Å²) < 4.78 is 22.3. The second-order valence-electron chi connectivity index (χ2n) is 3.19. The number of carbonyl (C=O) groups excluding carboxylic acids is 1. The van der Waals surface area contributed by atoms with Crippen LogP contribution in [0.5, 0.6) is 0 Å². The van der Waals surface area contributed by atoms with Crippen molar-refractivity contribution in [3.05, 3.63) is 11.8 Å². The van der Waals surface area contributed by atoms with E-state index in [1.54, 1.807) is 6.92 Å². The molecule has 16 heavy (non-hydrogen) atoms. The van der Waals surface area contributed by atoms with Gasteiger partial charge in [-0.15, -0.1) is 0 Å². The molecule has 7 nitrogen and oxygen atoms in total. The van der Waals surface area contributed by atoms with Crippen molar-refractivity contribution < 1.29 is 13.2 Å². The van der Waals surface area contributed by atoms with E-state index >= 15 is 0 Å². The van der Waals surface area contributed by atoms with Gasteiger partial charge in [0, 0.05) is 12.3 Å². The Morgan fingerprint density at radius 1 is 1.62 bits per heavy atom. The van der Waals surface area contributed by atoms with Crippen LogP contribution in [0.1, 0.15) is 17.3 Å². The van der Waals surface area contributed by atoms with Gasteiger partial charge in [0.1, 0.15) is 11.4 Å².